The second kappa shape index (κ2) is 10.1. The van der Waals surface area contributed by atoms with Crippen LogP contribution < -0.4 is 9.64 Å². The van der Waals surface area contributed by atoms with E-state index in [0.717, 1.165) is 61.0 Å². The number of carbonyl (C=O) groups is 1. The summed E-state index contributed by atoms with van der Waals surface area (Å²) < 4.78 is 19.3. The number of anilines is 1. The normalized spacial score (nSPS) is 17.9. The molecule has 0 radical (unpaired) electrons. The summed E-state index contributed by atoms with van der Waals surface area (Å²) in [4.78, 5) is 16.4. The first kappa shape index (κ1) is 22.7. The number of piperazine rings is 1. The molecule has 3 aromatic rings. The van der Waals surface area contributed by atoms with Crippen LogP contribution in [0.15, 0.2) is 66.7 Å². The molecule has 7 heteroatoms. The fraction of sp³-hybridized carbons (Fsp3) is 0.296. The van der Waals surface area contributed by atoms with Gasteiger partial charge in [0.15, 0.2) is 0 Å². The van der Waals surface area contributed by atoms with Gasteiger partial charge in [-0.25, -0.2) is 9.18 Å². The van der Waals surface area contributed by atoms with Crippen LogP contribution in [-0.4, -0.2) is 54.5 Å². The number of hydrogen-bond acceptors (Lipinski definition) is 5. The topological polar surface area (TPSA) is 53.0 Å². The Morgan fingerprint density at radius 2 is 1.76 bits per heavy atom. The van der Waals surface area contributed by atoms with Crippen molar-refractivity contribution in [1.82, 2.24) is 4.90 Å². The summed E-state index contributed by atoms with van der Waals surface area (Å²) in [6, 6.07) is 20.1. The van der Waals surface area contributed by atoms with Gasteiger partial charge in [0.05, 0.1) is 10.8 Å². The monoisotopic (exact) mass is 478 g/mol. The Morgan fingerprint density at radius 3 is 2.53 bits per heavy atom. The maximum absolute atomic E-state index is 13.2. The fourth-order valence-corrected chi connectivity index (χ4v) is 6.00. The van der Waals surface area contributed by atoms with E-state index in [4.69, 9.17) is 4.74 Å². The lowest BCUT2D eigenvalue weighted by molar-refractivity contribution is 0.0696. The van der Waals surface area contributed by atoms with Gasteiger partial charge in [-0.2, -0.15) is 0 Å². The fourth-order valence-electron chi connectivity index (χ4n) is 4.62. The molecule has 2 aliphatic rings. The Kier molecular flexibility index (Phi) is 6.74. The number of ether oxygens (including phenoxy) is 1. The molecule has 5 nitrogen and oxygen atoms in total. The van der Waals surface area contributed by atoms with Crippen LogP contribution in [0.4, 0.5) is 10.1 Å². The third-order valence-corrected chi connectivity index (χ3v) is 7.78. The second-order valence-corrected chi connectivity index (χ2v) is 9.81. The summed E-state index contributed by atoms with van der Waals surface area (Å²) in [5, 5.41) is 9.55. The van der Waals surface area contributed by atoms with Crippen LogP contribution in [0, 0.1) is 5.82 Å². The number of hydrogen-bond donors (Lipinski definition) is 1. The summed E-state index contributed by atoms with van der Waals surface area (Å²) in [6.07, 6.45) is 0. The molecular weight excluding hydrogens is 451 g/mol. The molecule has 1 fully saturated rings. The largest absolute Gasteiger partial charge is 0.489 e. The lowest BCUT2D eigenvalue weighted by Gasteiger charge is -2.36. The van der Waals surface area contributed by atoms with Gasteiger partial charge in [-0.15, -0.1) is 11.8 Å². The van der Waals surface area contributed by atoms with Crippen LogP contribution in [0.2, 0.25) is 0 Å². The Hall–Kier alpha value is -3.03. The SMILES string of the molecule is O=C(O)c1ccc2c(c1)C(SCCN1CCN(c3ccc(F)cc3)CC1)c1ccccc1CO2. The zero-order chi connectivity index (χ0) is 23.5. The van der Waals surface area contributed by atoms with Crippen molar-refractivity contribution in [2.24, 2.45) is 0 Å². The molecule has 2 heterocycles. The number of halogens is 1. The number of rotatable bonds is 6. The van der Waals surface area contributed by atoms with E-state index in [1.54, 1.807) is 18.2 Å². The molecular formula is C27H27FN2O3S. The van der Waals surface area contributed by atoms with Gasteiger partial charge in [-0.05, 0) is 53.6 Å². The molecule has 0 amide bonds. The lowest BCUT2D eigenvalue weighted by Crippen LogP contribution is -2.47. The van der Waals surface area contributed by atoms with Gasteiger partial charge < -0.3 is 14.7 Å². The van der Waals surface area contributed by atoms with Crippen molar-refractivity contribution in [2.45, 2.75) is 11.9 Å². The summed E-state index contributed by atoms with van der Waals surface area (Å²) in [5.74, 6) is 0.545. The van der Waals surface area contributed by atoms with E-state index in [0.29, 0.717) is 6.61 Å². The average Bonchev–Trinajstić information content (AvgIpc) is 3.02. The number of carboxylic acid groups (broad SMARTS) is 1. The van der Waals surface area contributed by atoms with E-state index >= 15 is 0 Å². The van der Waals surface area contributed by atoms with Crippen LogP contribution in [0.5, 0.6) is 5.75 Å². The molecule has 2 aliphatic heterocycles. The van der Waals surface area contributed by atoms with Crippen LogP contribution >= 0.6 is 11.8 Å². The Morgan fingerprint density at radius 1 is 1.00 bits per heavy atom. The molecule has 1 N–H and O–H groups in total. The van der Waals surface area contributed by atoms with Crippen molar-refractivity contribution in [3.05, 3.63) is 94.8 Å². The van der Waals surface area contributed by atoms with Gasteiger partial charge in [-0.1, -0.05) is 24.3 Å². The van der Waals surface area contributed by atoms with Crippen molar-refractivity contribution in [3.63, 3.8) is 0 Å². The van der Waals surface area contributed by atoms with Gasteiger partial charge >= 0.3 is 5.97 Å². The van der Waals surface area contributed by atoms with E-state index < -0.39 is 5.97 Å². The number of thioether (sulfide) groups is 1. The average molecular weight is 479 g/mol. The number of aromatic carboxylic acids is 1. The van der Waals surface area contributed by atoms with Crippen molar-refractivity contribution >= 4 is 23.4 Å². The number of nitrogens with zero attached hydrogens (tertiary/aromatic N) is 2. The number of fused-ring (bicyclic) bond motifs is 2. The highest BCUT2D eigenvalue weighted by Crippen LogP contribution is 2.44. The molecule has 3 aromatic carbocycles. The molecule has 1 atom stereocenters. The van der Waals surface area contributed by atoms with Crippen LogP contribution in [0.25, 0.3) is 0 Å². The maximum atomic E-state index is 13.2. The standard InChI is InChI=1S/C27H27FN2O3S/c28-21-6-8-22(9-7-21)30-13-11-29(12-14-30)15-16-34-26-23-4-2-1-3-20(23)18-33-25-10-5-19(27(31)32)17-24(25)26/h1-10,17,26H,11-16,18H2,(H,31,32). The zero-order valence-corrected chi connectivity index (χ0v) is 19.6. The molecule has 0 aromatic heterocycles. The zero-order valence-electron chi connectivity index (χ0n) is 18.8. The highest BCUT2D eigenvalue weighted by Gasteiger charge is 2.26. The minimum Gasteiger partial charge on any atom is -0.489 e. The van der Waals surface area contributed by atoms with Crippen molar-refractivity contribution in [1.29, 1.82) is 0 Å². The highest BCUT2D eigenvalue weighted by molar-refractivity contribution is 7.99. The molecule has 0 spiro atoms. The predicted molar refractivity (Wildman–Crippen MR) is 134 cm³/mol. The third kappa shape index (κ3) is 4.91. The smallest absolute Gasteiger partial charge is 0.335 e. The summed E-state index contributed by atoms with van der Waals surface area (Å²) >= 11 is 1.84. The maximum Gasteiger partial charge on any atom is 0.335 e. The van der Waals surface area contributed by atoms with E-state index in [1.807, 2.05) is 36.0 Å². The molecule has 0 bridgehead atoms. The van der Waals surface area contributed by atoms with Crippen molar-refractivity contribution in [3.8, 4) is 5.75 Å². The molecule has 0 aliphatic carbocycles. The first-order valence-corrected chi connectivity index (χ1v) is 12.6. The van der Waals surface area contributed by atoms with E-state index in [2.05, 4.69) is 21.9 Å². The van der Waals surface area contributed by atoms with Crippen LogP contribution in [0.1, 0.15) is 32.3 Å². The third-order valence-electron chi connectivity index (χ3n) is 6.52. The molecule has 34 heavy (non-hydrogen) atoms. The first-order valence-electron chi connectivity index (χ1n) is 11.5. The first-order chi connectivity index (χ1) is 16.6. The van der Waals surface area contributed by atoms with E-state index in [-0.39, 0.29) is 16.6 Å². The van der Waals surface area contributed by atoms with Gasteiger partial charge in [0, 0.05) is 49.7 Å². The number of carboxylic acids is 1. The number of benzene rings is 3. The highest BCUT2D eigenvalue weighted by atomic mass is 32.2. The Balaban J connectivity index is 1.26. The molecule has 5 rings (SSSR count). The summed E-state index contributed by atoms with van der Waals surface area (Å²) in [6.45, 7) is 5.19. The summed E-state index contributed by atoms with van der Waals surface area (Å²) in [5.41, 5.74) is 4.60. The summed E-state index contributed by atoms with van der Waals surface area (Å²) in [7, 11) is 0. The van der Waals surface area contributed by atoms with Gasteiger partial charge in [0.1, 0.15) is 18.2 Å². The lowest BCUT2D eigenvalue weighted by atomic mass is 9.98. The van der Waals surface area contributed by atoms with Gasteiger partial charge in [0.2, 0.25) is 0 Å². The van der Waals surface area contributed by atoms with Crippen molar-refractivity contribution in [2.75, 3.05) is 43.4 Å². The minimum absolute atomic E-state index is 0.0218. The van der Waals surface area contributed by atoms with Gasteiger partial charge in [0.25, 0.3) is 0 Å². The molecule has 1 saturated heterocycles. The Bertz CT molecular complexity index is 1160. The van der Waals surface area contributed by atoms with Crippen molar-refractivity contribution < 1.29 is 19.0 Å². The van der Waals surface area contributed by atoms with E-state index in [9.17, 15) is 14.3 Å². The van der Waals surface area contributed by atoms with E-state index in [1.165, 1.54) is 17.7 Å². The van der Waals surface area contributed by atoms with Crippen LogP contribution in [0.3, 0.4) is 0 Å². The van der Waals surface area contributed by atoms with Gasteiger partial charge in [-0.3, -0.25) is 4.90 Å². The quantitative estimate of drug-likeness (QED) is 0.535. The predicted octanol–water partition coefficient (Wildman–Crippen LogP) is 5.06. The molecule has 1 unspecified atom stereocenters. The Labute approximate surface area is 203 Å². The molecule has 176 valence electrons. The van der Waals surface area contributed by atoms with Crippen LogP contribution in [-0.2, 0) is 6.61 Å². The second-order valence-electron chi connectivity index (χ2n) is 8.60. The molecule has 0 saturated carbocycles. The minimum atomic E-state index is -0.928.